The van der Waals surface area contributed by atoms with Gasteiger partial charge in [-0.3, -0.25) is 4.79 Å². The van der Waals surface area contributed by atoms with Crippen LogP contribution in [0.1, 0.15) is 12.0 Å². The van der Waals surface area contributed by atoms with Crippen molar-refractivity contribution in [2.45, 2.75) is 13.0 Å². The molecule has 1 N–H and O–H groups in total. The number of benzene rings is 1. The summed E-state index contributed by atoms with van der Waals surface area (Å²) in [4.78, 5) is 13.5. The van der Waals surface area contributed by atoms with Gasteiger partial charge in [-0.1, -0.05) is 12.1 Å². The second-order valence-corrected chi connectivity index (χ2v) is 5.41. The van der Waals surface area contributed by atoms with Gasteiger partial charge in [-0.2, -0.15) is 0 Å². The Balaban J connectivity index is 1.97. The molecule has 0 aromatic heterocycles. The summed E-state index contributed by atoms with van der Waals surface area (Å²) in [5.74, 6) is 0.0548. The number of nitrogens with zero attached hydrogens (tertiary/aromatic N) is 1. The predicted octanol–water partition coefficient (Wildman–Crippen LogP) is 1.62. The highest BCUT2D eigenvalue weighted by Gasteiger charge is 2.43. The lowest BCUT2D eigenvalue weighted by Crippen LogP contribution is -2.42. The standard InChI is InChI=1S/C15H21NO4/c1-16(9-12-3-5-13(19-2)6-4-12)10-15(14(17)18)7-8-20-11-15/h3-6H,7-11H2,1-2H3,(H,17,18). The van der Waals surface area contributed by atoms with Gasteiger partial charge in [0.2, 0.25) is 0 Å². The highest BCUT2D eigenvalue weighted by Crippen LogP contribution is 2.30. The van der Waals surface area contributed by atoms with Crippen molar-refractivity contribution in [3.05, 3.63) is 29.8 Å². The van der Waals surface area contributed by atoms with Crippen LogP contribution in [0.25, 0.3) is 0 Å². The van der Waals surface area contributed by atoms with Gasteiger partial charge >= 0.3 is 5.97 Å². The first-order valence-electron chi connectivity index (χ1n) is 6.68. The van der Waals surface area contributed by atoms with Gasteiger partial charge < -0.3 is 19.5 Å². The Morgan fingerprint density at radius 1 is 1.45 bits per heavy atom. The van der Waals surface area contributed by atoms with Gasteiger partial charge in [-0.25, -0.2) is 0 Å². The summed E-state index contributed by atoms with van der Waals surface area (Å²) in [7, 11) is 3.57. The van der Waals surface area contributed by atoms with Crippen LogP contribution >= 0.6 is 0 Å². The minimum atomic E-state index is -0.767. The summed E-state index contributed by atoms with van der Waals surface area (Å²) < 4.78 is 10.4. The molecule has 0 spiro atoms. The molecule has 0 aliphatic carbocycles. The van der Waals surface area contributed by atoms with Gasteiger partial charge in [-0.05, 0) is 31.2 Å². The predicted molar refractivity (Wildman–Crippen MR) is 74.8 cm³/mol. The Bertz CT molecular complexity index is 451. The molecule has 5 nitrogen and oxygen atoms in total. The van der Waals surface area contributed by atoms with Crippen LogP contribution in [0.4, 0.5) is 0 Å². The average Bonchev–Trinajstić information content (AvgIpc) is 2.89. The lowest BCUT2D eigenvalue weighted by Gasteiger charge is -2.28. The Hall–Kier alpha value is -1.59. The molecule has 1 unspecified atom stereocenters. The van der Waals surface area contributed by atoms with Gasteiger partial charge in [0.15, 0.2) is 0 Å². The highest BCUT2D eigenvalue weighted by molar-refractivity contribution is 5.75. The van der Waals surface area contributed by atoms with Crippen molar-refractivity contribution < 1.29 is 19.4 Å². The van der Waals surface area contributed by atoms with Crippen LogP contribution in [0.2, 0.25) is 0 Å². The maximum Gasteiger partial charge on any atom is 0.313 e. The van der Waals surface area contributed by atoms with Gasteiger partial charge in [0.1, 0.15) is 11.2 Å². The third-order valence-electron chi connectivity index (χ3n) is 3.74. The van der Waals surface area contributed by atoms with Crippen molar-refractivity contribution in [3.8, 4) is 5.75 Å². The van der Waals surface area contributed by atoms with E-state index in [0.717, 1.165) is 11.3 Å². The van der Waals surface area contributed by atoms with Gasteiger partial charge in [0, 0.05) is 19.7 Å². The van der Waals surface area contributed by atoms with Crippen LogP contribution in [-0.2, 0) is 16.1 Å². The lowest BCUT2D eigenvalue weighted by atomic mass is 9.87. The quantitative estimate of drug-likeness (QED) is 0.857. The van der Waals surface area contributed by atoms with Crippen molar-refractivity contribution in [2.75, 3.05) is 33.9 Å². The van der Waals surface area contributed by atoms with E-state index in [4.69, 9.17) is 9.47 Å². The third kappa shape index (κ3) is 3.29. The molecule has 1 aliphatic heterocycles. The van der Waals surface area contributed by atoms with Crippen LogP contribution in [0.3, 0.4) is 0 Å². The number of carbonyl (C=O) groups is 1. The molecule has 5 heteroatoms. The number of methoxy groups -OCH3 is 1. The normalized spacial score (nSPS) is 22.1. The monoisotopic (exact) mass is 279 g/mol. The summed E-state index contributed by atoms with van der Waals surface area (Å²) in [6.07, 6.45) is 0.579. The van der Waals surface area contributed by atoms with E-state index >= 15 is 0 Å². The molecule has 1 aromatic carbocycles. The minimum Gasteiger partial charge on any atom is -0.497 e. The van der Waals surface area contributed by atoms with Crippen LogP contribution in [0.15, 0.2) is 24.3 Å². The molecule has 1 aromatic rings. The lowest BCUT2D eigenvalue weighted by molar-refractivity contribution is -0.150. The van der Waals surface area contributed by atoms with E-state index in [1.165, 1.54) is 0 Å². The Labute approximate surface area is 119 Å². The largest absolute Gasteiger partial charge is 0.497 e. The molecule has 20 heavy (non-hydrogen) atoms. The van der Waals surface area contributed by atoms with Crippen molar-refractivity contribution in [1.29, 1.82) is 0 Å². The average molecular weight is 279 g/mol. The molecular formula is C15H21NO4. The van der Waals surface area contributed by atoms with Crippen molar-refractivity contribution in [3.63, 3.8) is 0 Å². The molecule has 0 amide bonds. The second-order valence-electron chi connectivity index (χ2n) is 5.41. The van der Waals surface area contributed by atoms with Crippen molar-refractivity contribution in [1.82, 2.24) is 4.90 Å². The number of hydrogen-bond donors (Lipinski definition) is 1. The number of hydrogen-bond acceptors (Lipinski definition) is 4. The number of aliphatic carboxylic acids is 1. The molecule has 0 saturated carbocycles. The number of rotatable bonds is 6. The SMILES string of the molecule is COc1ccc(CN(C)CC2(C(=O)O)CCOC2)cc1. The second kappa shape index (κ2) is 6.24. The van der Waals surface area contributed by atoms with Crippen LogP contribution < -0.4 is 4.74 Å². The first-order chi connectivity index (χ1) is 9.55. The molecule has 1 atom stereocenters. The zero-order valence-electron chi connectivity index (χ0n) is 12.0. The molecule has 1 aliphatic rings. The van der Waals surface area contributed by atoms with E-state index in [1.807, 2.05) is 36.2 Å². The first kappa shape index (κ1) is 14.8. The smallest absolute Gasteiger partial charge is 0.313 e. The topological polar surface area (TPSA) is 59.0 Å². The van der Waals surface area contributed by atoms with E-state index in [2.05, 4.69) is 0 Å². The van der Waals surface area contributed by atoms with Gasteiger partial charge in [0.05, 0.1) is 13.7 Å². The fourth-order valence-electron chi connectivity index (χ4n) is 2.58. The van der Waals surface area contributed by atoms with E-state index in [-0.39, 0.29) is 0 Å². The summed E-state index contributed by atoms with van der Waals surface area (Å²) >= 11 is 0. The summed E-state index contributed by atoms with van der Waals surface area (Å²) in [5.41, 5.74) is 0.370. The summed E-state index contributed by atoms with van der Waals surface area (Å²) in [6, 6.07) is 7.81. The highest BCUT2D eigenvalue weighted by atomic mass is 16.5. The summed E-state index contributed by atoms with van der Waals surface area (Å²) in [5, 5.41) is 9.42. The molecule has 0 bridgehead atoms. The van der Waals surface area contributed by atoms with E-state index in [0.29, 0.717) is 32.7 Å². The fraction of sp³-hybridized carbons (Fsp3) is 0.533. The zero-order chi connectivity index (χ0) is 14.6. The molecule has 110 valence electrons. The molecular weight excluding hydrogens is 258 g/mol. The van der Waals surface area contributed by atoms with Gasteiger partial charge in [0.25, 0.3) is 0 Å². The fourth-order valence-corrected chi connectivity index (χ4v) is 2.58. The molecule has 0 radical (unpaired) electrons. The van der Waals surface area contributed by atoms with E-state index in [1.54, 1.807) is 7.11 Å². The van der Waals surface area contributed by atoms with Crippen LogP contribution in [0, 0.1) is 5.41 Å². The number of carboxylic acid groups (broad SMARTS) is 1. The zero-order valence-corrected chi connectivity index (χ0v) is 12.0. The molecule has 2 rings (SSSR count). The van der Waals surface area contributed by atoms with Crippen molar-refractivity contribution >= 4 is 5.97 Å². The Morgan fingerprint density at radius 3 is 2.65 bits per heavy atom. The van der Waals surface area contributed by atoms with Crippen LogP contribution in [-0.4, -0.2) is 49.9 Å². The third-order valence-corrected chi connectivity index (χ3v) is 3.74. The van der Waals surface area contributed by atoms with Crippen LogP contribution in [0.5, 0.6) is 5.75 Å². The number of ether oxygens (including phenoxy) is 2. The number of carboxylic acids is 1. The van der Waals surface area contributed by atoms with Gasteiger partial charge in [-0.15, -0.1) is 0 Å². The molecule has 1 heterocycles. The molecule has 1 fully saturated rings. The maximum absolute atomic E-state index is 11.5. The Morgan fingerprint density at radius 2 is 2.15 bits per heavy atom. The minimum absolute atomic E-state index is 0.301. The van der Waals surface area contributed by atoms with E-state index in [9.17, 15) is 9.90 Å². The van der Waals surface area contributed by atoms with Crippen molar-refractivity contribution in [2.24, 2.45) is 5.41 Å². The molecule has 1 saturated heterocycles. The Kier molecular flexibility index (Phi) is 4.62. The first-order valence-corrected chi connectivity index (χ1v) is 6.68. The maximum atomic E-state index is 11.5. The summed E-state index contributed by atoms with van der Waals surface area (Å²) in [6.45, 7) is 2.03. The van der Waals surface area contributed by atoms with E-state index < -0.39 is 11.4 Å².